The second-order valence-corrected chi connectivity index (χ2v) is 4.03. The summed E-state index contributed by atoms with van der Waals surface area (Å²) in [4.78, 5) is 11.4. The van der Waals surface area contributed by atoms with Crippen molar-refractivity contribution in [2.24, 2.45) is 0 Å². The lowest BCUT2D eigenvalue weighted by Crippen LogP contribution is -2.26. The van der Waals surface area contributed by atoms with Crippen molar-refractivity contribution in [2.75, 3.05) is 11.9 Å². The van der Waals surface area contributed by atoms with Crippen LogP contribution in [-0.2, 0) is 11.2 Å². The molecule has 0 saturated heterocycles. The fraction of sp³-hybridized carbons (Fsp3) is 0.364. The zero-order chi connectivity index (χ0) is 11.1. The van der Waals surface area contributed by atoms with E-state index in [9.17, 15) is 9.90 Å². The van der Waals surface area contributed by atoms with Gasteiger partial charge < -0.3 is 10.4 Å². The first-order valence-electron chi connectivity index (χ1n) is 4.83. The van der Waals surface area contributed by atoms with Gasteiger partial charge in [-0.05, 0) is 24.1 Å². The lowest BCUT2D eigenvalue weighted by molar-refractivity contribution is -0.120. The highest BCUT2D eigenvalue weighted by Gasteiger charge is 2.02. The highest BCUT2D eigenvalue weighted by Crippen LogP contribution is 2.11. The zero-order valence-corrected chi connectivity index (χ0v) is 9.96. The number of carbonyl (C=O) groups excluding carboxylic acids is 1. The van der Waals surface area contributed by atoms with E-state index in [1.807, 2.05) is 6.07 Å². The molecule has 82 valence electrons. The Kier molecular flexibility index (Phi) is 5.18. The molecule has 0 aliphatic heterocycles. The predicted molar refractivity (Wildman–Crippen MR) is 63.2 cm³/mol. The highest BCUT2D eigenvalue weighted by molar-refractivity contribution is 9.09. The monoisotopic (exact) mass is 271 g/mol. The van der Waals surface area contributed by atoms with E-state index < -0.39 is 0 Å². The van der Waals surface area contributed by atoms with Crippen LogP contribution in [0.4, 0.5) is 0 Å². The van der Waals surface area contributed by atoms with Gasteiger partial charge in [0.15, 0.2) is 0 Å². The number of alkyl halides is 1. The number of phenols is 1. The van der Waals surface area contributed by atoms with Gasteiger partial charge in [-0.3, -0.25) is 4.79 Å². The Morgan fingerprint density at radius 2 is 2.27 bits per heavy atom. The largest absolute Gasteiger partial charge is 0.508 e. The van der Waals surface area contributed by atoms with Gasteiger partial charge in [-0.25, -0.2) is 0 Å². The van der Waals surface area contributed by atoms with Crippen LogP contribution in [0.25, 0.3) is 0 Å². The molecule has 0 fully saturated rings. The number of aromatic hydroxyl groups is 1. The van der Waals surface area contributed by atoms with Crippen LogP contribution in [0.2, 0.25) is 0 Å². The molecule has 0 saturated carbocycles. The maximum atomic E-state index is 11.4. The minimum absolute atomic E-state index is 0.0125. The molecule has 0 unspecified atom stereocenters. The number of nitrogens with one attached hydrogen (secondary N) is 1. The topological polar surface area (TPSA) is 49.3 Å². The molecule has 1 amide bonds. The first-order valence-corrected chi connectivity index (χ1v) is 5.95. The van der Waals surface area contributed by atoms with E-state index >= 15 is 0 Å². The van der Waals surface area contributed by atoms with E-state index in [1.165, 1.54) is 0 Å². The maximum absolute atomic E-state index is 11.4. The summed E-state index contributed by atoms with van der Waals surface area (Å²) in [6.07, 6.45) is 1.24. The first kappa shape index (κ1) is 12.0. The van der Waals surface area contributed by atoms with E-state index in [0.717, 1.165) is 17.3 Å². The Labute approximate surface area is 97.6 Å². The average Bonchev–Trinajstić information content (AvgIpc) is 2.18. The molecule has 2 N–H and O–H groups in total. The van der Waals surface area contributed by atoms with Crippen LogP contribution in [0.15, 0.2) is 24.3 Å². The van der Waals surface area contributed by atoms with Crippen molar-refractivity contribution in [2.45, 2.75) is 12.8 Å². The number of phenolic OH excluding ortho intramolecular Hbond substituents is 1. The van der Waals surface area contributed by atoms with Crippen LogP contribution in [0, 0.1) is 0 Å². The van der Waals surface area contributed by atoms with E-state index in [4.69, 9.17) is 0 Å². The molecule has 0 aliphatic rings. The van der Waals surface area contributed by atoms with Crippen LogP contribution >= 0.6 is 15.9 Å². The molecule has 4 heteroatoms. The molecule has 0 aromatic heterocycles. The third kappa shape index (κ3) is 4.83. The lowest BCUT2D eigenvalue weighted by Gasteiger charge is -2.04. The van der Waals surface area contributed by atoms with Crippen LogP contribution < -0.4 is 5.32 Å². The van der Waals surface area contributed by atoms with Gasteiger partial charge in [0.1, 0.15) is 5.75 Å². The van der Waals surface area contributed by atoms with Crippen molar-refractivity contribution in [1.29, 1.82) is 0 Å². The van der Waals surface area contributed by atoms with Gasteiger partial charge in [-0.15, -0.1) is 0 Å². The van der Waals surface area contributed by atoms with Crippen LogP contribution in [-0.4, -0.2) is 22.9 Å². The zero-order valence-electron chi connectivity index (χ0n) is 8.37. The van der Waals surface area contributed by atoms with Gasteiger partial charge in [0.05, 0.1) is 6.42 Å². The Morgan fingerprint density at radius 1 is 1.47 bits per heavy atom. The number of rotatable bonds is 5. The van der Waals surface area contributed by atoms with E-state index in [-0.39, 0.29) is 11.7 Å². The number of benzene rings is 1. The van der Waals surface area contributed by atoms with E-state index in [0.29, 0.717) is 13.0 Å². The van der Waals surface area contributed by atoms with E-state index in [1.54, 1.807) is 18.2 Å². The fourth-order valence-corrected chi connectivity index (χ4v) is 1.49. The van der Waals surface area contributed by atoms with Gasteiger partial charge in [-0.2, -0.15) is 0 Å². The summed E-state index contributed by atoms with van der Waals surface area (Å²) in [6, 6.07) is 6.75. The Balaban J connectivity index is 2.37. The maximum Gasteiger partial charge on any atom is 0.224 e. The van der Waals surface area contributed by atoms with E-state index in [2.05, 4.69) is 21.2 Å². The molecule has 1 aromatic carbocycles. The molecule has 1 aromatic rings. The summed E-state index contributed by atoms with van der Waals surface area (Å²) in [5.74, 6) is 0.183. The Hall–Kier alpha value is -1.03. The number of halogens is 1. The van der Waals surface area contributed by atoms with Gasteiger partial charge in [-0.1, -0.05) is 28.1 Å². The summed E-state index contributed by atoms with van der Waals surface area (Å²) < 4.78 is 0. The van der Waals surface area contributed by atoms with Crippen molar-refractivity contribution in [1.82, 2.24) is 5.32 Å². The summed E-state index contributed by atoms with van der Waals surface area (Å²) in [6.45, 7) is 0.683. The van der Waals surface area contributed by atoms with Crippen LogP contribution in [0.3, 0.4) is 0 Å². The summed E-state index contributed by atoms with van der Waals surface area (Å²) in [5, 5.41) is 12.9. The van der Waals surface area contributed by atoms with Gasteiger partial charge in [0.25, 0.3) is 0 Å². The lowest BCUT2D eigenvalue weighted by atomic mass is 10.1. The van der Waals surface area contributed by atoms with Gasteiger partial charge >= 0.3 is 0 Å². The minimum atomic E-state index is -0.0125. The standard InChI is InChI=1S/C11H14BrNO2/c12-5-2-6-13-11(15)8-9-3-1-4-10(14)7-9/h1,3-4,7,14H,2,5-6,8H2,(H,13,15). The molecular weight excluding hydrogens is 258 g/mol. The van der Waals surface area contributed by atoms with Crippen molar-refractivity contribution in [3.05, 3.63) is 29.8 Å². The molecule has 0 spiro atoms. The molecule has 0 bridgehead atoms. The normalized spacial score (nSPS) is 9.93. The van der Waals surface area contributed by atoms with Gasteiger partial charge in [0, 0.05) is 11.9 Å². The highest BCUT2D eigenvalue weighted by atomic mass is 79.9. The molecule has 15 heavy (non-hydrogen) atoms. The predicted octanol–water partition coefficient (Wildman–Crippen LogP) is 1.84. The molecule has 0 aliphatic carbocycles. The second kappa shape index (κ2) is 6.45. The first-order chi connectivity index (χ1) is 7.22. The number of amides is 1. The third-order valence-electron chi connectivity index (χ3n) is 1.91. The average molecular weight is 272 g/mol. The summed E-state index contributed by atoms with van der Waals surface area (Å²) in [5.41, 5.74) is 0.825. The van der Waals surface area contributed by atoms with Crippen LogP contribution in [0.1, 0.15) is 12.0 Å². The van der Waals surface area contributed by atoms with Crippen molar-refractivity contribution in [3.8, 4) is 5.75 Å². The molecule has 1 rings (SSSR count). The van der Waals surface area contributed by atoms with Crippen molar-refractivity contribution < 1.29 is 9.90 Å². The third-order valence-corrected chi connectivity index (χ3v) is 2.47. The molecule has 0 heterocycles. The second-order valence-electron chi connectivity index (χ2n) is 3.24. The Morgan fingerprint density at radius 3 is 2.93 bits per heavy atom. The summed E-state index contributed by atoms with van der Waals surface area (Å²) >= 11 is 3.29. The summed E-state index contributed by atoms with van der Waals surface area (Å²) in [7, 11) is 0. The molecule has 0 radical (unpaired) electrons. The number of hydrogen-bond donors (Lipinski definition) is 2. The SMILES string of the molecule is O=C(Cc1cccc(O)c1)NCCCBr. The minimum Gasteiger partial charge on any atom is -0.508 e. The quantitative estimate of drug-likeness (QED) is 0.634. The fourth-order valence-electron chi connectivity index (χ4n) is 1.21. The number of hydrogen-bond acceptors (Lipinski definition) is 2. The Bertz CT molecular complexity index is 328. The molecule has 3 nitrogen and oxygen atoms in total. The number of carbonyl (C=O) groups is 1. The molecule has 0 atom stereocenters. The van der Waals surface area contributed by atoms with Gasteiger partial charge in [0.2, 0.25) is 5.91 Å². The molecular formula is C11H14BrNO2. The smallest absolute Gasteiger partial charge is 0.224 e. The van der Waals surface area contributed by atoms with Crippen molar-refractivity contribution >= 4 is 21.8 Å². The van der Waals surface area contributed by atoms with Crippen molar-refractivity contribution in [3.63, 3.8) is 0 Å². The van der Waals surface area contributed by atoms with Crippen LogP contribution in [0.5, 0.6) is 5.75 Å².